The largest absolute Gasteiger partial charge is 0.493 e. The molecule has 24 heavy (non-hydrogen) atoms. The van der Waals surface area contributed by atoms with Gasteiger partial charge in [0, 0.05) is 0 Å². The number of benzene rings is 1. The molecule has 0 N–H and O–H groups in total. The van der Waals surface area contributed by atoms with Crippen LogP contribution in [0.3, 0.4) is 0 Å². The van der Waals surface area contributed by atoms with Gasteiger partial charge < -0.3 is 18.9 Å². The fourth-order valence-electron chi connectivity index (χ4n) is 2.07. The number of carbonyl (C=O) groups excluding carboxylic acids is 2. The zero-order chi connectivity index (χ0) is 17.9. The van der Waals surface area contributed by atoms with Crippen molar-refractivity contribution in [2.45, 2.75) is 39.9 Å². The fourth-order valence-corrected chi connectivity index (χ4v) is 2.07. The average molecular weight is 336 g/mol. The molecule has 0 amide bonds. The number of methoxy groups -OCH3 is 1. The predicted octanol–water partition coefficient (Wildman–Crippen LogP) is 2.90. The molecule has 1 fully saturated rings. The van der Waals surface area contributed by atoms with Crippen molar-refractivity contribution in [2.24, 2.45) is 11.8 Å². The highest BCUT2D eigenvalue weighted by Crippen LogP contribution is 2.42. The minimum Gasteiger partial charge on any atom is -0.493 e. The second-order valence-electron chi connectivity index (χ2n) is 6.37. The van der Waals surface area contributed by atoms with Crippen LogP contribution in [0.2, 0.25) is 0 Å². The monoisotopic (exact) mass is 336 g/mol. The van der Waals surface area contributed by atoms with Crippen molar-refractivity contribution in [1.29, 1.82) is 0 Å². The highest BCUT2D eigenvalue weighted by molar-refractivity contribution is 5.75. The van der Waals surface area contributed by atoms with E-state index in [1.54, 1.807) is 39.8 Å². The van der Waals surface area contributed by atoms with E-state index in [0.29, 0.717) is 11.5 Å². The Hall–Kier alpha value is -2.08. The molecule has 2 rings (SSSR count). The first-order valence-corrected chi connectivity index (χ1v) is 8.05. The summed E-state index contributed by atoms with van der Waals surface area (Å²) in [7, 11) is 1.52. The van der Waals surface area contributed by atoms with Crippen LogP contribution in [0, 0.1) is 11.8 Å². The van der Waals surface area contributed by atoms with Gasteiger partial charge in [0.25, 0.3) is 0 Å². The predicted molar refractivity (Wildman–Crippen MR) is 86.9 cm³/mol. The molecular weight excluding hydrogens is 312 g/mol. The molecule has 6 nitrogen and oxygen atoms in total. The van der Waals surface area contributed by atoms with E-state index in [9.17, 15) is 9.59 Å². The lowest BCUT2D eigenvalue weighted by atomic mass is 10.1. The molecule has 0 unspecified atom stereocenters. The average Bonchev–Trinajstić information content (AvgIpc) is 3.32. The van der Waals surface area contributed by atoms with Crippen molar-refractivity contribution in [3.63, 3.8) is 0 Å². The number of hydrogen-bond acceptors (Lipinski definition) is 6. The van der Waals surface area contributed by atoms with Gasteiger partial charge in [-0.05, 0) is 17.7 Å². The van der Waals surface area contributed by atoms with E-state index in [1.165, 1.54) is 7.11 Å². The van der Waals surface area contributed by atoms with Gasteiger partial charge in [-0.1, -0.05) is 33.8 Å². The van der Waals surface area contributed by atoms with E-state index in [2.05, 4.69) is 0 Å². The topological polar surface area (TPSA) is 74.4 Å². The van der Waals surface area contributed by atoms with Crippen LogP contribution < -0.4 is 9.47 Å². The van der Waals surface area contributed by atoms with Crippen molar-refractivity contribution < 1.29 is 28.5 Å². The molecule has 1 aliphatic heterocycles. The third-order valence-corrected chi connectivity index (χ3v) is 3.64. The smallest absolute Gasteiger partial charge is 0.313 e. The van der Waals surface area contributed by atoms with E-state index in [1.807, 2.05) is 6.07 Å². The van der Waals surface area contributed by atoms with E-state index < -0.39 is 0 Å². The van der Waals surface area contributed by atoms with Crippen LogP contribution in [0.5, 0.6) is 11.5 Å². The Morgan fingerprint density at radius 2 is 1.75 bits per heavy atom. The van der Waals surface area contributed by atoms with Crippen LogP contribution >= 0.6 is 0 Å². The lowest BCUT2D eigenvalue weighted by Crippen LogP contribution is -2.15. The molecule has 0 aliphatic carbocycles. The molecular formula is C18H24O6. The summed E-state index contributed by atoms with van der Waals surface area (Å²) < 4.78 is 21.3. The zero-order valence-corrected chi connectivity index (χ0v) is 14.7. The Labute approximate surface area is 142 Å². The summed E-state index contributed by atoms with van der Waals surface area (Å²) in [5.41, 5.74) is 0.891. The van der Waals surface area contributed by atoms with Crippen LogP contribution in [0.4, 0.5) is 0 Å². The van der Waals surface area contributed by atoms with Crippen molar-refractivity contribution >= 4 is 11.9 Å². The van der Waals surface area contributed by atoms with Crippen LogP contribution in [0.1, 0.15) is 39.4 Å². The molecule has 2 atom stereocenters. The summed E-state index contributed by atoms with van der Waals surface area (Å²) in [6.07, 6.45) is -0.296. The summed E-state index contributed by atoms with van der Waals surface area (Å²) >= 11 is 0. The summed E-state index contributed by atoms with van der Waals surface area (Å²) in [4.78, 5) is 23.2. The SMILES string of the molecule is COc1cc([C@@H]2O[C@@H]2COC(=O)C(C)C)ccc1OC(=O)C(C)C. The second-order valence-corrected chi connectivity index (χ2v) is 6.37. The third kappa shape index (κ3) is 4.47. The zero-order valence-electron chi connectivity index (χ0n) is 14.7. The Bertz CT molecular complexity index is 608. The normalized spacial score (nSPS) is 19.3. The summed E-state index contributed by atoms with van der Waals surface area (Å²) in [6, 6.07) is 5.28. The second kappa shape index (κ2) is 7.66. The molecule has 1 aliphatic rings. The van der Waals surface area contributed by atoms with E-state index in [-0.39, 0.29) is 42.6 Å². The number of rotatable bonds is 7. The summed E-state index contributed by atoms with van der Waals surface area (Å²) in [5, 5.41) is 0. The molecule has 0 bridgehead atoms. The molecule has 0 spiro atoms. The van der Waals surface area contributed by atoms with Gasteiger partial charge in [-0.2, -0.15) is 0 Å². The third-order valence-electron chi connectivity index (χ3n) is 3.64. The molecule has 1 aromatic carbocycles. The first-order chi connectivity index (χ1) is 11.3. The van der Waals surface area contributed by atoms with Gasteiger partial charge in [-0.25, -0.2) is 0 Å². The molecule has 1 aromatic rings. The maximum atomic E-state index is 11.7. The molecule has 0 radical (unpaired) electrons. The van der Waals surface area contributed by atoms with Crippen LogP contribution in [0.25, 0.3) is 0 Å². The number of esters is 2. The maximum absolute atomic E-state index is 11.7. The number of hydrogen-bond donors (Lipinski definition) is 0. The van der Waals surface area contributed by atoms with Gasteiger partial charge in [0.1, 0.15) is 18.8 Å². The standard InChI is InChI=1S/C18H24O6/c1-10(2)17(19)22-9-15-16(23-15)12-6-7-13(14(8-12)21-5)24-18(20)11(3)4/h6-8,10-11,15-16H,9H2,1-5H3/t15-,16+/m1/s1. The van der Waals surface area contributed by atoms with E-state index >= 15 is 0 Å². The van der Waals surface area contributed by atoms with Gasteiger partial charge in [-0.3, -0.25) is 9.59 Å². The number of epoxide rings is 1. The minimum absolute atomic E-state index is 0.145. The van der Waals surface area contributed by atoms with Gasteiger partial charge in [0.05, 0.1) is 18.9 Å². The van der Waals surface area contributed by atoms with E-state index in [4.69, 9.17) is 18.9 Å². The minimum atomic E-state index is -0.317. The summed E-state index contributed by atoms with van der Waals surface area (Å²) in [5.74, 6) is -0.0864. The van der Waals surface area contributed by atoms with E-state index in [0.717, 1.165) is 5.56 Å². The lowest BCUT2D eigenvalue weighted by Gasteiger charge is -2.11. The number of carbonyl (C=O) groups is 2. The van der Waals surface area contributed by atoms with Crippen molar-refractivity contribution in [3.05, 3.63) is 23.8 Å². The maximum Gasteiger partial charge on any atom is 0.313 e. The Balaban J connectivity index is 1.98. The first-order valence-electron chi connectivity index (χ1n) is 8.05. The van der Waals surface area contributed by atoms with Crippen LogP contribution in [-0.2, 0) is 19.1 Å². The van der Waals surface area contributed by atoms with Crippen molar-refractivity contribution in [3.8, 4) is 11.5 Å². The molecule has 1 heterocycles. The molecule has 0 aromatic heterocycles. The van der Waals surface area contributed by atoms with Gasteiger partial charge >= 0.3 is 11.9 Å². The molecule has 6 heteroatoms. The first kappa shape index (κ1) is 18.3. The quantitative estimate of drug-likeness (QED) is 0.433. The molecule has 132 valence electrons. The van der Waals surface area contributed by atoms with Crippen molar-refractivity contribution in [2.75, 3.05) is 13.7 Å². The Morgan fingerprint density at radius 1 is 1.08 bits per heavy atom. The molecule has 1 saturated heterocycles. The van der Waals surface area contributed by atoms with Crippen molar-refractivity contribution in [1.82, 2.24) is 0 Å². The highest BCUT2D eigenvalue weighted by atomic mass is 16.6. The number of ether oxygens (including phenoxy) is 4. The van der Waals surface area contributed by atoms with Crippen LogP contribution in [0.15, 0.2) is 18.2 Å². The van der Waals surface area contributed by atoms with Gasteiger partial charge in [0.15, 0.2) is 11.5 Å². The fraction of sp³-hybridized carbons (Fsp3) is 0.556. The Morgan fingerprint density at radius 3 is 2.33 bits per heavy atom. The van der Waals surface area contributed by atoms with Gasteiger partial charge in [0.2, 0.25) is 0 Å². The lowest BCUT2D eigenvalue weighted by molar-refractivity contribution is -0.147. The Kier molecular flexibility index (Phi) is 5.83. The summed E-state index contributed by atoms with van der Waals surface area (Å²) in [6.45, 7) is 7.34. The molecule has 0 saturated carbocycles. The highest BCUT2D eigenvalue weighted by Gasteiger charge is 2.41. The van der Waals surface area contributed by atoms with Crippen LogP contribution in [-0.4, -0.2) is 31.8 Å². The van der Waals surface area contributed by atoms with Gasteiger partial charge in [-0.15, -0.1) is 0 Å².